The van der Waals surface area contributed by atoms with Crippen molar-refractivity contribution in [2.75, 3.05) is 19.8 Å². The minimum Gasteiger partial charge on any atom is -0.313 e. The van der Waals surface area contributed by atoms with Gasteiger partial charge in [0.25, 0.3) is 0 Å². The van der Waals surface area contributed by atoms with Crippen molar-refractivity contribution in [3.05, 3.63) is 0 Å². The summed E-state index contributed by atoms with van der Waals surface area (Å²) in [6.45, 7) is 7.71. The maximum absolute atomic E-state index is 5.14. The highest BCUT2D eigenvalue weighted by Crippen LogP contribution is 2.38. The van der Waals surface area contributed by atoms with Gasteiger partial charge in [-0.2, -0.15) is 0 Å². The third kappa shape index (κ3) is 8.21. The lowest BCUT2D eigenvalue weighted by molar-refractivity contribution is 0.176. The largest absolute Gasteiger partial charge is 0.332 e. The van der Waals surface area contributed by atoms with E-state index in [1.54, 1.807) is 0 Å². The summed E-state index contributed by atoms with van der Waals surface area (Å²) in [7, 11) is -1.06. The summed E-state index contributed by atoms with van der Waals surface area (Å²) in [6.07, 6.45) is 0. The van der Waals surface area contributed by atoms with E-state index in [4.69, 9.17) is 13.6 Å². The quantitative estimate of drug-likeness (QED) is 0.591. The Labute approximate surface area is 71.0 Å². The summed E-state index contributed by atoms with van der Waals surface area (Å²) in [6, 6.07) is 0. The molecule has 0 heterocycles. The molecule has 0 unspecified atom stereocenters. The molecular weight excluding hydrogens is 163 g/mol. The Kier molecular flexibility index (Phi) is 13.0. The summed E-state index contributed by atoms with van der Waals surface area (Å²) in [5.74, 6) is 0. The predicted molar refractivity (Wildman–Crippen MR) is 48.5 cm³/mol. The van der Waals surface area contributed by atoms with Gasteiger partial charge in [0.15, 0.2) is 0 Å². The molecule has 0 radical (unpaired) electrons. The first-order valence-corrected chi connectivity index (χ1v) is 4.63. The molecular formula is C7H19O3P. The lowest BCUT2D eigenvalue weighted by Crippen LogP contribution is -1.94. The standard InChI is InChI=1S/C6H15O3P.CH4/c1-4-7-10(8-5-2)9-6-3;/h4-6H2,1-3H3;1H4. The molecule has 0 fully saturated rings. The summed E-state index contributed by atoms with van der Waals surface area (Å²) >= 11 is 0. The molecule has 0 bridgehead atoms. The molecule has 0 spiro atoms. The zero-order valence-corrected chi connectivity index (χ0v) is 7.69. The Morgan fingerprint density at radius 3 is 1.27 bits per heavy atom. The van der Waals surface area contributed by atoms with Crippen molar-refractivity contribution in [1.82, 2.24) is 0 Å². The molecule has 3 nitrogen and oxygen atoms in total. The van der Waals surface area contributed by atoms with Gasteiger partial charge in [0, 0.05) is 0 Å². The highest BCUT2D eigenvalue weighted by Gasteiger charge is 2.07. The van der Waals surface area contributed by atoms with E-state index in [-0.39, 0.29) is 7.43 Å². The van der Waals surface area contributed by atoms with Crippen LogP contribution in [0.15, 0.2) is 0 Å². The fourth-order valence-corrected chi connectivity index (χ4v) is 1.28. The third-order valence-electron chi connectivity index (χ3n) is 0.704. The van der Waals surface area contributed by atoms with Crippen LogP contribution in [0.1, 0.15) is 28.2 Å². The van der Waals surface area contributed by atoms with E-state index >= 15 is 0 Å². The highest BCUT2D eigenvalue weighted by atomic mass is 31.2. The first-order chi connectivity index (χ1) is 4.85. The van der Waals surface area contributed by atoms with Crippen molar-refractivity contribution in [2.45, 2.75) is 28.2 Å². The van der Waals surface area contributed by atoms with Crippen molar-refractivity contribution in [1.29, 1.82) is 0 Å². The van der Waals surface area contributed by atoms with Crippen LogP contribution in [0.25, 0.3) is 0 Å². The monoisotopic (exact) mass is 182 g/mol. The maximum Gasteiger partial charge on any atom is 0.332 e. The SMILES string of the molecule is C.CCOP(OCC)OCC. The molecule has 0 aliphatic carbocycles. The smallest absolute Gasteiger partial charge is 0.313 e. The molecule has 0 aromatic rings. The van der Waals surface area contributed by atoms with Crippen LogP contribution in [-0.4, -0.2) is 19.8 Å². The Bertz CT molecular complexity index is 56.4. The summed E-state index contributed by atoms with van der Waals surface area (Å²) in [4.78, 5) is 0. The Balaban J connectivity index is 0. The van der Waals surface area contributed by atoms with Gasteiger partial charge >= 0.3 is 8.60 Å². The number of hydrogen-bond acceptors (Lipinski definition) is 3. The van der Waals surface area contributed by atoms with Crippen molar-refractivity contribution in [3.63, 3.8) is 0 Å². The summed E-state index contributed by atoms with van der Waals surface area (Å²) in [5.41, 5.74) is 0. The molecule has 0 saturated heterocycles. The van der Waals surface area contributed by atoms with Gasteiger partial charge in [-0.05, 0) is 20.8 Å². The fourth-order valence-electron chi connectivity index (χ4n) is 0.428. The first kappa shape index (κ1) is 13.9. The molecule has 0 aliphatic heterocycles. The lowest BCUT2D eigenvalue weighted by Gasteiger charge is -2.12. The van der Waals surface area contributed by atoms with Crippen molar-refractivity contribution >= 4 is 8.60 Å². The second kappa shape index (κ2) is 10.3. The molecule has 0 amide bonds. The van der Waals surface area contributed by atoms with Crippen LogP contribution < -0.4 is 0 Å². The van der Waals surface area contributed by atoms with Crippen molar-refractivity contribution < 1.29 is 13.6 Å². The highest BCUT2D eigenvalue weighted by molar-refractivity contribution is 7.41. The van der Waals surface area contributed by atoms with Gasteiger partial charge < -0.3 is 13.6 Å². The van der Waals surface area contributed by atoms with Crippen LogP contribution in [0.4, 0.5) is 0 Å². The van der Waals surface area contributed by atoms with Crippen LogP contribution in [0, 0.1) is 0 Å². The topological polar surface area (TPSA) is 27.7 Å². The third-order valence-corrected chi connectivity index (χ3v) is 2.11. The van der Waals surface area contributed by atoms with E-state index in [0.717, 1.165) is 0 Å². The Morgan fingerprint density at radius 1 is 0.818 bits per heavy atom. The van der Waals surface area contributed by atoms with Gasteiger partial charge in [-0.1, -0.05) is 7.43 Å². The van der Waals surface area contributed by atoms with Crippen LogP contribution in [-0.2, 0) is 13.6 Å². The van der Waals surface area contributed by atoms with E-state index in [2.05, 4.69) is 0 Å². The second-order valence-electron chi connectivity index (χ2n) is 1.48. The number of rotatable bonds is 6. The maximum atomic E-state index is 5.14. The lowest BCUT2D eigenvalue weighted by atomic mass is 10.9. The van der Waals surface area contributed by atoms with Crippen LogP contribution in [0.2, 0.25) is 0 Å². The van der Waals surface area contributed by atoms with E-state index in [9.17, 15) is 0 Å². The van der Waals surface area contributed by atoms with E-state index in [1.165, 1.54) is 0 Å². The molecule has 0 aromatic heterocycles. The average molecular weight is 182 g/mol. The minimum atomic E-state index is -1.06. The predicted octanol–water partition coefficient (Wildman–Crippen LogP) is 2.96. The van der Waals surface area contributed by atoms with Gasteiger partial charge in [-0.15, -0.1) is 0 Å². The first-order valence-electron chi connectivity index (χ1n) is 3.54. The molecule has 0 N–H and O–H groups in total. The van der Waals surface area contributed by atoms with Crippen molar-refractivity contribution in [3.8, 4) is 0 Å². The minimum absolute atomic E-state index is 0. The Morgan fingerprint density at radius 2 is 1.09 bits per heavy atom. The van der Waals surface area contributed by atoms with E-state index in [1.807, 2.05) is 20.8 Å². The van der Waals surface area contributed by atoms with Crippen LogP contribution in [0.5, 0.6) is 0 Å². The van der Waals surface area contributed by atoms with Gasteiger partial charge in [-0.3, -0.25) is 0 Å². The molecule has 11 heavy (non-hydrogen) atoms. The molecule has 0 rings (SSSR count). The van der Waals surface area contributed by atoms with E-state index < -0.39 is 8.60 Å². The van der Waals surface area contributed by atoms with Crippen LogP contribution >= 0.6 is 8.60 Å². The molecule has 0 atom stereocenters. The Hall–Kier alpha value is 0.310. The van der Waals surface area contributed by atoms with Gasteiger partial charge in [0.2, 0.25) is 0 Å². The second-order valence-corrected chi connectivity index (χ2v) is 2.70. The number of hydrogen-bond donors (Lipinski definition) is 0. The van der Waals surface area contributed by atoms with Crippen LogP contribution in [0.3, 0.4) is 0 Å². The van der Waals surface area contributed by atoms with E-state index in [0.29, 0.717) is 19.8 Å². The van der Waals surface area contributed by atoms with Gasteiger partial charge in [0.1, 0.15) is 0 Å². The molecule has 0 aromatic carbocycles. The van der Waals surface area contributed by atoms with Gasteiger partial charge in [-0.25, -0.2) is 0 Å². The fraction of sp³-hybridized carbons (Fsp3) is 1.00. The zero-order valence-electron chi connectivity index (χ0n) is 6.79. The zero-order chi connectivity index (χ0) is 7.82. The van der Waals surface area contributed by atoms with Gasteiger partial charge in [0.05, 0.1) is 19.8 Å². The summed E-state index contributed by atoms with van der Waals surface area (Å²) in [5, 5.41) is 0. The normalized spacial score (nSPS) is 9.82. The molecule has 0 aliphatic rings. The van der Waals surface area contributed by atoms with Crippen molar-refractivity contribution in [2.24, 2.45) is 0 Å². The molecule has 4 heteroatoms. The summed E-state index contributed by atoms with van der Waals surface area (Å²) < 4.78 is 15.4. The molecule has 0 saturated carbocycles. The average Bonchev–Trinajstić information content (AvgIpc) is 1.90. The molecule has 70 valence electrons.